The number of nitrogens with one attached hydrogen (secondary N) is 2. The molecule has 0 unspecified atom stereocenters. The van der Waals surface area contributed by atoms with Crippen LogP contribution in [0, 0.1) is 17.0 Å². The zero-order valence-electron chi connectivity index (χ0n) is 14.7. The Hall–Kier alpha value is -3.29. The van der Waals surface area contributed by atoms with Crippen molar-refractivity contribution in [3.05, 3.63) is 58.1 Å². The molecule has 2 aromatic rings. The number of aryl methyl sites for hydroxylation is 1. The zero-order valence-corrected chi connectivity index (χ0v) is 14.7. The van der Waals surface area contributed by atoms with Crippen LogP contribution >= 0.6 is 0 Å². The van der Waals surface area contributed by atoms with Gasteiger partial charge in [0.2, 0.25) is 0 Å². The average Bonchev–Trinajstić information content (AvgIpc) is 2.63. The molecule has 8 heteroatoms. The normalized spacial score (nSPS) is 10.1. The fourth-order valence-electron chi connectivity index (χ4n) is 2.16. The Bertz CT molecular complexity index is 762. The van der Waals surface area contributed by atoms with Gasteiger partial charge >= 0.3 is 6.03 Å². The monoisotopic (exact) mass is 359 g/mol. The van der Waals surface area contributed by atoms with Gasteiger partial charge in [0.25, 0.3) is 5.69 Å². The van der Waals surface area contributed by atoms with Gasteiger partial charge in [0.15, 0.2) is 0 Å². The molecule has 0 heterocycles. The summed E-state index contributed by atoms with van der Waals surface area (Å²) in [5.41, 5.74) is 1.41. The molecule has 0 spiro atoms. The first-order valence-electron chi connectivity index (χ1n) is 8.06. The van der Waals surface area contributed by atoms with Gasteiger partial charge in [0.05, 0.1) is 30.4 Å². The highest BCUT2D eigenvalue weighted by Crippen LogP contribution is 2.28. The molecule has 2 amide bonds. The topological polar surface area (TPSA) is 103 Å². The Morgan fingerprint density at radius 3 is 2.58 bits per heavy atom. The zero-order chi connectivity index (χ0) is 18.9. The minimum Gasteiger partial charge on any atom is -0.494 e. The molecule has 138 valence electrons. The van der Waals surface area contributed by atoms with Gasteiger partial charge in [-0.25, -0.2) is 4.79 Å². The van der Waals surface area contributed by atoms with Gasteiger partial charge in [0.1, 0.15) is 11.5 Å². The summed E-state index contributed by atoms with van der Waals surface area (Å²) in [5, 5.41) is 16.1. The molecule has 0 aliphatic heterocycles. The molecule has 2 N–H and O–H groups in total. The number of amides is 2. The summed E-state index contributed by atoms with van der Waals surface area (Å²) < 4.78 is 10.6. The minimum atomic E-state index is -0.527. The Balaban J connectivity index is 1.74. The van der Waals surface area contributed by atoms with E-state index in [-0.39, 0.29) is 11.4 Å². The van der Waals surface area contributed by atoms with E-state index in [1.54, 1.807) is 0 Å². The van der Waals surface area contributed by atoms with Crippen LogP contribution in [0.5, 0.6) is 11.5 Å². The van der Waals surface area contributed by atoms with E-state index in [4.69, 9.17) is 9.47 Å². The van der Waals surface area contributed by atoms with Crippen LogP contribution in [0.3, 0.4) is 0 Å². The molecular formula is C18H21N3O5. The molecule has 0 aliphatic carbocycles. The lowest BCUT2D eigenvalue weighted by atomic mass is 10.2. The summed E-state index contributed by atoms with van der Waals surface area (Å²) >= 11 is 0. The molecule has 8 nitrogen and oxygen atoms in total. The number of hydrogen-bond donors (Lipinski definition) is 2. The van der Waals surface area contributed by atoms with Crippen molar-refractivity contribution in [2.45, 2.75) is 13.3 Å². The van der Waals surface area contributed by atoms with Crippen LogP contribution in [-0.2, 0) is 0 Å². The van der Waals surface area contributed by atoms with Crippen LogP contribution in [0.4, 0.5) is 16.2 Å². The predicted molar refractivity (Wildman–Crippen MR) is 98.0 cm³/mol. The molecule has 0 saturated heterocycles. The van der Waals surface area contributed by atoms with Crippen molar-refractivity contribution in [3.8, 4) is 11.5 Å². The fraction of sp³-hybridized carbons (Fsp3) is 0.278. The van der Waals surface area contributed by atoms with Crippen molar-refractivity contribution in [2.75, 3.05) is 25.6 Å². The van der Waals surface area contributed by atoms with E-state index in [1.165, 1.54) is 25.3 Å². The highest BCUT2D eigenvalue weighted by Gasteiger charge is 2.13. The molecule has 0 atom stereocenters. The number of hydrogen-bond acceptors (Lipinski definition) is 5. The van der Waals surface area contributed by atoms with E-state index in [0.29, 0.717) is 25.3 Å². The van der Waals surface area contributed by atoms with Crippen LogP contribution in [0.1, 0.15) is 12.0 Å². The number of nitro benzene ring substituents is 1. The van der Waals surface area contributed by atoms with Crippen LogP contribution in [0.25, 0.3) is 0 Å². The number of rotatable bonds is 8. The molecule has 2 rings (SSSR count). The van der Waals surface area contributed by atoms with Crippen molar-refractivity contribution in [3.63, 3.8) is 0 Å². The van der Waals surface area contributed by atoms with Crippen LogP contribution in [-0.4, -0.2) is 31.2 Å². The van der Waals surface area contributed by atoms with Crippen molar-refractivity contribution in [2.24, 2.45) is 0 Å². The molecular weight excluding hydrogens is 338 g/mol. The fourth-order valence-corrected chi connectivity index (χ4v) is 2.16. The molecule has 0 aliphatic rings. The first-order chi connectivity index (χ1) is 12.5. The standard InChI is InChI=1S/C18H21N3O5/c1-13-4-7-15(8-5-13)26-11-3-10-19-18(22)20-16-9-6-14(21(23)24)12-17(16)25-2/h4-9,12H,3,10-11H2,1-2H3,(H2,19,20,22). The molecule has 0 fully saturated rings. The first-order valence-corrected chi connectivity index (χ1v) is 8.06. The lowest BCUT2D eigenvalue weighted by molar-refractivity contribution is -0.384. The third kappa shape index (κ3) is 5.66. The SMILES string of the molecule is COc1cc([N+](=O)[O-])ccc1NC(=O)NCCCOc1ccc(C)cc1. The van der Waals surface area contributed by atoms with Gasteiger partial charge in [-0.2, -0.15) is 0 Å². The van der Waals surface area contributed by atoms with Crippen LogP contribution in [0.15, 0.2) is 42.5 Å². The minimum absolute atomic E-state index is 0.110. The number of methoxy groups -OCH3 is 1. The van der Waals surface area contributed by atoms with E-state index in [1.807, 2.05) is 31.2 Å². The Kier molecular flexibility index (Phi) is 6.78. The molecule has 0 aromatic heterocycles. The highest BCUT2D eigenvalue weighted by atomic mass is 16.6. The quantitative estimate of drug-likeness (QED) is 0.426. The molecule has 2 aromatic carbocycles. The second-order valence-corrected chi connectivity index (χ2v) is 5.54. The molecule has 0 saturated carbocycles. The highest BCUT2D eigenvalue weighted by molar-refractivity contribution is 5.91. The van der Waals surface area contributed by atoms with Crippen molar-refractivity contribution < 1.29 is 19.2 Å². The van der Waals surface area contributed by atoms with Gasteiger partial charge in [0, 0.05) is 12.6 Å². The van der Waals surface area contributed by atoms with Crippen molar-refractivity contribution in [1.29, 1.82) is 0 Å². The second-order valence-electron chi connectivity index (χ2n) is 5.54. The largest absolute Gasteiger partial charge is 0.494 e. The smallest absolute Gasteiger partial charge is 0.319 e. The third-order valence-electron chi connectivity index (χ3n) is 3.54. The van der Waals surface area contributed by atoms with Gasteiger partial charge in [-0.3, -0.25) is 10.1 Å². The number of carbonyl (C=O) groups is 1. The Labute approximate surface area is 151 Å². The summed E-state index contributed by atoms with van der Waals surface area (Å²) in [4.78, 5) is 22.2. The summed E-state index contributed by atoms with van der Waals surface area (Å²) in [5.74, 6) is 1.01. The maximum absolute atomic E-state index is 11.9. The van der Waals surface area contributed by atoms with E-state index < -0.39 is 11.0 Å². The van der Waals surface area contributed by atoms with E-state index >= 15 is 0 Å². The predicted octanol–water partition coefficient (Wildman–Crippen LogP) is 3.50. The number of ether oxygens (including phenoxy) is 2. The number of urea groups is 1. The molecule has 0 bridgehead atoms. The second kappa shape index (κ2) is 9.26. The van der Waals surface area contributed by atoms with Crippen molar-refractivity contribution >= 4 is 17.4 Å². The Morgan fingerprint density at radius 2 is 1.92 bits per heavy atom. The van der Waals surface area contributed by atoms with Gasteiger partial charge < -0.3 is 20.1 Å². The van der Waals surface area contributed by atoms with Gasteiger partial charge in [-0.1, -0.05) is 17.7 Å². The van der Waals surface area contributed by atoms with Gasteiger partial charge in [-0.05, 0) is 31.5 Å². The summed E-state index contributed by atoms with van der Waals surface area (Å²) in [7, 11) is 1.38. The first kappa shape index (κ1) is 19.0. The van der Waals surface area contributed by atoms with Crippen LogP contribution < -0.4 is 20.1 Å². The number of nitro groups is 1. The lowest BCUT2D eigenvalue weighted by Gasteiger charge is -2.11. The van der Waals surface area contributed by atoms with Crippen LogP contribution in [0.2, 0.25) is 0 Å². The summed E-state index contributed by atoms with van der Waals surface area (Å²) in [6, 6.07) is 11.3. The third-order valence-corrected chi connectivity index (χ3v) is 3.54. The van der Waals surface area contributed by atoms with E-state index in [2.05, 4.69) is 10.6 Å². The number of anilines is 1. The summed E-state index contributed by atoms with van der Waals surface area (Å²) in [6.07, 6.45) is 0.638. The average molecular weight is 359 g/mol. The maximum atomic E-state index is 11.9. The number of nitrogens with zero attached hydrogens (tertiary/aromatic N) is 1. The van der Waals surface area contributed by atoms with E-state index in [0.717, 1.165) is 11.3 Å². The lowest BCUT2D eigenvalue weighted by Crippen LogP contribution is -2.30. The molecule has 0 radical (unpaired) electrons. The number of non-ortho nitro benzene ring substituents is 1. The summed E-state index contributed by atoms with van der Waals surface area (Å²) in [6.45, 7) is 2.91. The van der Waals surface area contributed by atoms with Gasteiger partial charge in [-0.15, -0.1) is 0 Å². The number of carbonyl (C=O) groups excluding carboxylic acids is 1. The van der Waals surface area contributed by atoms with E-state index in [9.17, 15) is 14.9 Å². The maximum Gasteiger partial charge on any atom is 0.319 e. The number of benzene rings is 2. The molecule has 26 heavy (non-hydrogen) atoms. The Morgan fingerprint density at radius 1 is 1.19 bits per heavy atom. The van der Waals surface area contributed by atoms with Crippen molar-refractivity contribution in [1.82, 2.24) is 5.32 Å².